The third-order valence-electron chi connectivity index (χ3n) is 5.48. The number of nitrogens with zero attached hydrogens (tertiary/aromatic N) is 2. The highest BCUT2D eigenvalue weighted by molar-refractivity contribution is 4.92. The van der Waals surface area contributed by atoms with Gasteiger partial charge in [0, 0.05) is 45.8 Å². The zero-order valence-electron chi connectivity index (χ0n) is 12.9. The summed E-state index contributed by atoms with van der Waals surface area (Å²) in [5.74, 6) is 0. The zero-order chi connectivity index (χ0) is 13.8. The van der Waals surface area contributed by atoms with Gasteiger partial charge in [0.2, 0.25) is 0 Å². The van der Waals surface area contributed by atoms with Crippen molar-refractivity contribution in [1.82, 2.24) is 9.80 Å². The maximum absolute atomic E-state index is 6.49. The zero-order valence-corrected chi connectivity index (χ0v) is 12.9. The number of rotatable bonds is 4. The van der Waals surface area contributed by atoms with Gasteiger partial charge in [-0.15, -0.1) is 0 Å². The molecule has 20 heavy (non-hydrogen) atoms. The molecule has 1 atom stereocenters. The summed E-state index contributed by atoms with van der Waals surface area (Å²) >= 11 is 0. The van der Waals surface area contributed by atoms with Crippen LogP contribution < -0.4 is 5.73 Å². The van der Waals surface area contributed by atoms with Gasteiger partial charge in [-0.3, -0.25) is 9.80 Å². The number of piperazine rings is 1. The Bertz CT molecular complexity index is 296. The molecule has 0 radical (unpaired) electrons. The molecule has 0 bridgehead atoms. The van der Waals surface area contributed by atoms with Crippen LogP contribution in [0.15, 0.2) is 0 Å². The Morgan fingerprint density at radius 2 is 1.65 bits per heavy atom. The molecule has 2 saturated heterocycles. The van der Waals surface area contributed by atoms with Crippen molar-refractivity contribution in [3.63, 3.8) is 0 Å². The molecular weight excluding hydrogens is 250 g/mol. The predicted molar refractivity (Wildman–Crippen MR) is 81.9 cm³/mol. The lowest BCUT2D eigenvalue weighted by Gasteiger charge is -2.37. The number of hydrogen-bond acceptors (Lipinski definition) is 4. The standard InChI is InChI=1S/C16H31N3O/c17-8-9-18-10-12-19(13-11-18)14-15-4-7-16(20-15)5-2-1-3-6-16/h15H,1-14,17H2. The van der Waals surface area contributed by atoms with E-state index in [-0.39, 0.29) is 5.60 Å². The molecule has 2 heterocycles. The van der Waals surface area contributed by atoms with Crippen LogP contribution in [0.2, 0.25) is 0 Å². The maximum Gasteiger partial charge on any atom is 0.0710 e. The van der Waals surface area contributed by atoms with E-state index in [0.29, 0.717) is 6.10 Å². The van der Waals surface area contributed by atoms with Crippen molar-refractivity contribution in [3.05, 3.63) is 0 Å². The molecule has 0 amide bonds. The van der Waals surface area contributed by atoms with Gasteiger partial charge < -0.3 is 10.5 Å². The highest BCUT2D eigenvalue weighted by atomic mass is 16.5. The lowest BCUT2D eigenvalue weighted by Crippen LogP contribution is -2.49. The van der Waals surface area contributed by atoms with E-state index in [1.54, 1.807) is 0 Å². The van der Waals surface area contributed by atoms with E-state index < -0.39 is 0 Å². The lowest BCUT2D eigenvalue weighted by atomic mass is 9.83. The lowest BCUT2D eigenvalue weighted by molar-refractivity contribution is -0.0742. The van der Waals surface area contributed by atoms with E-state index >= 15 is 0 Å². The summed E-state index contributed by atoms with van der Waals surface area (Å²) < 4.78 is 6.49. The second kappa shape index (κ2) is 6.73. The second-order valence-electron chi connectivity index (χ2n) is 6.95. The number of nitrogens with two attached hydrogens (primary N) is 1. The SMILES string of the molecule is NCCN1CCN(CC2CCC3(CCCCC3)O2)CC1. The van der Waals surface area contributed by atoms with Crippen LogP contribution in [0.1, 0.15) is 44.9 Å². The van der Waals surface area contributed by atoms with Crippen molar-refractivity contribution in [2.45, 2.75) is 56.7 Å². The average molecular weight is 281 g/mol. The Kier molecular flexibility index (Phi) is 4.97. The Labute approximate surface area is 123 Å². The van der Waals surface area contributed by atoms with Crippen LogP contribution in [-0.2, 0) is 4.74 Å². The normalized spacial score (nSPS) is 31.9. The van der Waals surface area contributed by atoms with Crippen molar-refractivity contribution in [2.75, 3.05) is 45.8 Å². The highest BCUT2D eigenvalue weighted by Gasteiger charge is 2.41. The summed E-state index contributed by atoms with van der Waals surface area (Å²) in [5, 5.41) is 0. The van der Waals surface area contributed by atoms with Crippen LogP contribution in [0.4, 0.5) is 0 Å². The fourth-order valence-corrected chi connectivity index (χ4v) is 4.25. The van der Waals surface area contributed by atoms with Crippen LogP contribution in [0.25, 0.3) is 0 Å². The summed E-state index contributed by atoms with van der Waals surface area (Å²) in [5.41, 5.74) is 5.91. The summed E-state index contributed by atoms with van der Waals surface area (Å²) in [4.78, 5) is 5.08. The van der Waals surface area contributed by atoms with E-state index in [4.69, 9.17) is 10.5 Å². The molecule has 3 rings (SSSR count). The van der Waals surface area contributed by atoms with Gasteiger partial charge in [-0.2, -0.15) is 0 Å². The molecule has 3 fully saturated rings. The van der Waals surface area contributed by atoms with Gasteiger partial charge in [0.15, 0.2) is 0 Å². The molecule has 4 heteroatoms. The molecule has 2 N–H and O–H groups in total. The fraction of sp³-hybridized carbons (Fsp3) is 1.00. The van der Waals surface area contributed by atoms with Gasteiger partial charge in [-0.25, -0.2) is 0 Å². The third kappa shape index (κ3) is 3.53. The summed E-state index contributed by atoms with van der Waals surface area (Å²) in [6, 6.07) is 0. The molecule has 116 valence electrons. The smallest absolute Gasteiger partial charge is 0.0710 e. The van der Waals surface area contributed by atoms with Gasteiger partial charge in [0.25, 0.3) is 0 Å². The number of ether oxygens (including phenoxy) is 1. The first-order chi connectivity index (χ1) is 9.80. The van der Waals surface area contributed by atoms with Crippen LogP contribution in [0.3, 0.4) is 0 Å². The first-order valence-corrected chi connectivity index (χ1v) is 8.62. The van der Waals surface area contributed by atoms with Gasteiger partial charge in [0.1, 0.15) is 0 Å². The Balaban J connectivity index is 1.41. The molecule has 2 aliphatic heterocycles. The quantitative estimate of drug-likeness (QED) is 0.847. The average Bonchev–Trinajstić information content (AvgIpc) is 2.85. The van der Waals surface area contributed by atoms with Crippen molar-refractivity contribution < 1.29 is 4.74 Å². The van der Waals surface area contributed by atoms with Crippen molar-refractivity contribution in [3.8, 4) is 0 Å². The van der Waals surface area contributed by atoms with E-state index in [9.17, 15) is 0 Å². The third-order valence-corrected chi connectivity index (χ3v) is 5.48. The minimum atomic E-state index is 0.282. The van der Waals surface area contributed by atoms with E-state index in [2.05, 4.69) is 9.80 Å². The molecule has 1 aliphatic carbocycles. The van der Waals surface area contributed by atoms with Gasteiger partial charge in [0.05, 0.1) is 11.7 Å². The van der Waals surface area contributed by atoms with E-state index in [1.807, 2.05) is 0 Å². The van der Waals surface area contributed by atoms with Crippen molar-refractivity contribution in [2.24, 2.45) is 5.73 Å². The van der Waals surface area contributed by atoms with Crippen molar-refractivity contribution in [1.29, 1.82) is 0 Å². The molecule has 1 saturated carbocycles. The largest absolute Gasteiger partial charge is 0.370 e. The maximum atomic E-state index is 6.49. The van der Waals surface area contributed by atoms with Crippen LogP contribution >= 0.6 is 0 Å². The molecule has 1 unspecified atom stereocenters. The Morgan fingerprint density at radius 1 is 0.950 bits per heavy atom. The Hall–Kier alpha value is -0.160. The first-order valence-electron chi connectivity index (χ1n) is 8.62. The summed E-state index contributed by atoms with van der Waals surface area (Å²) in [6.07, 6.45) is 9.89. The highest BCUT2D eigenvalue weighted by Crippen LogP contribution is 2.42. The van der Waals surface area contributed by atoms with E-state index in [1.165, 1.54) is 71.1 Å². The molecule has 0 aromatic rings. The summed E-state index contributed by atoms with van der Waals surface area (Å²) in [7, 11) is 0. The summed E-state index contributed by atoms with van der Waals surface area (Å²) in [6.45, 7) is 7.72. The molecule has 3 aliphatic rings. The van der Waals surface area contributed by atoms with Gasteiger partial charge >= 0.3 is 0 Å². The molecule has 1 spiro atoms. The molecular formula is C16H31N3O. The monoisotopic (exact) mass is 281 g/mol. The predicted octanol–water partition coefficient (Wildman–Crippen LogP) is 1.44. The number of hydrogen-bond donors (Lipinski definition) is 1. The molecule has 0 aromatic heterocycles. The van der Waals surface area contributed by atoms with Crippen LogP contribution in [0.5, 0.6) is 0 Å². The molecule has 0 aromatic carbocycles. The Morgan fingerprint density at radius 3 is 2.35 bits per heavy atom. The minimum absolute atomic E-state index is 0.282. The topological polar surface area (TPSA) is 41.7 Å². The van der Waals surface area contributed by atoms with Gasteiger partial charge in [-0.05, 0) is 25.7 Å². The van der Waals surface area contributed by atoms with Gasteiger partial charge in [-0.1, -0.05) is 19.3 Å². The van der Waals surface area contributed by atoms with Crippen LogP contribution in [-0.4, -0.2) is 67.3 Å². The van der Waals surface area contributed by atoms with Crippen LogP contribution in [0, 0.1) is 0 Å². The van der Waals surface area contributed by atoms with E-state index in [0.717, 1.165) is 19.6 Å². The van der Waals surface area contributed by atoms with Crippen molar-refractivity contribution >= 4 is 0 Å². The molecule has 4 nitrogen and oxygen atoms in total. The minimum Gasteiger partial charge on any atom is -0.370 e. The second-order valence-corrected chi connectivity index (χ2v) is 6.95. The fourth-order valence-electron chi connectivity index (χ4n) is 4.25. The first kappa shape index (κ1) is 14.8.